The van der Waals surface area contributed by atoms with Crippen LogP contribution in [0.3, 0.4) is 0 Å². The zero-order valence-corrected chi connectivity index (χ0v) is 8.56. The number of hydrogen-bond donors (Lipinski definition) is 0. The largest absolute Gasteiger partial charge is 0.0845 e. The van der Waals surface area contributed by atoms with E-state index in [1.54, 1.807) is 5.57 Å². The lowest BCUT2D eigenvalue weighted by Gasteiger charge is -2.33. The molecular weight excluding hydrogens is 144 g/mol. The molecule has 0 radical (unpaired) electrons. The molecule has 0 amide bonds. The molecule has 1 fully saturated rings. The van der Waals surface area contributed by atoms with Crippen molar-refractivity contribution in [3.05, 3.63) is 11.6 Å². The molecule has 0 N–H and O–H groups in total. The molecule has 0 heterocycles. The molecule has 0 aliphatic heterocycles. The lowest BCUT2D eigenvalue weighted by atomic mass is 9.72. The van der Waals surface area contributed by atoms with Crippen molar-refractivity contribution >= 4 is 0 Å². The minimum absolute atomic E-state index is 0.638. The van der Waals surface area contributed by atoms with Gasteiger partial charge in [0, 0.05) is 0 Å². The van der Waals surface area contributed by atoms with Crippen molar-refractivity contribution in [3.8, 4) is 0 Å². The van der Waals surface area contributed by atoms with Gasteiger partial charge in [-0.15, -0.1) is 0 Å². The van der Waals surface area contributed by atoms with Crippen molar-refractivity contribution in [2.75, 3.05) is 0 Å². The molecule has 0 saturated heterocycles. The number of allylic oxidation sites excluding steroid dienone is 2. The third-order valence-corrected chi connectivity index (χ3v) is 3.71. The number of fused-ring (bicyclic) bond motifs is 4. The summed E-state index contributed by atoms with van der Waals surface area (Å²) in [5.74, 6) is 1.79. The van der Waals surface area contributed by atoms with Crippen LogP contribution in [0.25, 0.3) is 0 Å². The van der Waals surface area contributed by atoms with E-state index < -0.39 is 0 Å². The molecule has 0 heteroatoms. The smallest absolute Gasteiger partial charge is 0.0226 e. The molecule has 2 bridgehead atoms. The van der Waals surface area contributed by atoms with E-state index >= 15 is 0 Å². The highest BCUT2D eigenvalue weighted by molar-refractivity contribution is 5.16. The van der Waals surface area contributed by atoms with E-state index in [4.69, 9.17) is 0 Å². The van der Waals surface area contributed by atoms with Crippen molar-refractivity contribution in [2.24, 2.45) is 17.3 Å². The van der Waals surface area contributed by atoms with E-state index in [0.29, 0.717) is 5.41 Å². The number of hydrogen-bond acceptors (Lipinski definition) is 0. The first-order valence-electron chi connectivity index (χ1n) is 5.28. The summed E-state index contributed by atoms with van der Waals surface area (Å²) in [4.78, 5) is 0. The topological polar surface area (TPSA) is 0 Å². The van der Waals surface area contributed by atoms with Gasteiger partial charge >= 0.3 is 0 Å². The van der Waals surface area contributed by atoms with E-state index in [1.165, 1.54) is 25.7 Å². The van der Waals surface area contributed by atoms with Gasteiger partial charge in [0.2, 0.25) is 0 Å². The quantitative estimate of drug-likeness (QED) is 0.478. The summed E-state index contributed by atoms with van der Waals surface area (Å²) in [7, 11) is 0. The zero-order chi connectivity index (χ0) is 8.77. The minimum atomic E-state index is 0.638. The first kappa shape index (κ1) is 8.34. The highest BCUT2D eigenvalue weighted by Crippen LogP contribution is 2.48. The minimum Gasteiger partial charge on any atom is -0.0845 e. The Hall–Kier alpha value is -0.260. The third-order valence-electron chi connectivity index (χ3n) is 3.71. The summed E-state index contributed by atoms with van der Waals surface area (Å²) in [6.45, 7) is 7.29. The van der Waals surface area contributed by atoms with E-state index in [9.17, 15) is 0 Å². The molecule has 3 aliphatic carbocycles. The van der Waals surface area contributed by atoms with Gasteiger partial charge in [-0.05, 0) is 42.9 Å². The average molecular weight is 164 g/mol. The first-order chi connectivity index (χ1) is 5.59. The van der Waals surface area contributed by atoms with Crippen LogP contribution < -0.4 is 0 Å². The summed E-state index contributed by atoms with van der Waals surface area (Å²) in [6.07, 6.45) is 8.12. The van der Waals surface area contributed by atoms with Crippen molar-refractivity contribution in [1.82, 2.24) is 0 Å². The van der Waals surface area contributed by atoms with Crippen LogP contribution in [0.2, 0.25) is 0 Å². The van der Waals surface area contributed by atoms with Gasteiger partial charge in [0.25, 0.3) is 0 Å². The fourth-order valence-corrected chi connectivity index (χ4v) is 3.30. The van der Waals surface area contributed by atoms with Gasteiger partial charge < -0.3 is 0 Å². The van der Waals surface area contributed by atoms with Gasteiger partial charge in [0.15, 0.2) is 0 Å². The fourth-order valence-electron chi connectivity index (χ4n) is 3.30. The Morgan fingerprint density at radius 3 is 2.75 bits per heavy atom. The van der Waals surface area contributed by atoms with Gasteiger partial charge in [-0.25, -0.2) is 0 Å². The summed E-state index contributed by atoms with van der Waals surface area (Å²) in [5.41, 5.74) is 2.39. The summed E-state index contributed by atoms with van der Waals surface area (Å²) < 4.78 is 0. The Bertz CT molecular complexity index is 214. The molecule has 68 valence electrons. The molecule has 0 nitrogen and oxygen atoms in total. The predicted octanol–water partition coefficient (Wildman–Crippen LogP) is 3.78. The van der Waals surface area contributed by atoms with Gasteiger partial charge in [-0.2, -0.15) is 0 Å². The summed E-state index contributed by atoms with van der Waals surface area (Å²) in [5, 5.41) is 0. The Balaban J connectivity index is 2.29. The molecular formula is C12H20. The van der Waals surface area contributed by atoms with Crippen LogP contribution >= 0.6 is 0 Å². The molecule has 3 atom stereocenters. The molecule has 3 unspecified atom stereocenters. The molecule has 3 aliphatic rings. The highest BCUT2D eigenvalue weighted by atomic mass is 14.4. The molecule has 0 aromatic rings. The van der Waals surface area contributed by atoms with Crippen molar-refractivity contribution in [2.45, 2.75) is 46.5 Å². The Kier molecular flexibility index (Phi) is 1.82. The average Bonchev–Trinajstić information content (AvgIpc) is 2.12. The van der Waals surface area contributed by atoms with Crippen molar-refractivity contribution < 1.29 is 0 Å². The monoisotopic (exact) mass is 164 g/mol. The van der Waals surface area contributed by atoms with Gasteiger partial charge in [0.05, 0.1) is 0 Å². The van der Waals surface area contributed by atoms with Crippen LogP contribution in [0, 0.1) is 17.3 Å². The maximum atomic E-state index is 2.53. The second-order valence-corrected chi connectivity index (χ2v) is 5.41. The van der Waals surface area contributed by atoms with E-state index in [2.05, 4.69) is 26.8 Å². The van der Waals surface area contributed by atoms with Crippen molar-refractivity contribution in [1.29, 1.82) is 0 Å². The Morgan fingerprint density at radius 2 is 2.08 bits per heavy atom. The molecule has 0 aromatic heterocycles. The first-order valence-corrected chi connectivity index (χ1v) is 5.28. The Labute approximate surface area is 76.1 Å². The molecule has 3 rings (SSSR count). The van der Waals surface area contributed by atoms with E-state index in [0.717, 1.165) is 11.8 Å². The Morgan fingerprint density at radius 1 is 1.33 bits per heavy atom. The van der Waals surface area contributed by atoms with Gasteiger partial charge in [0.1, 0.15) is 0 Å². The van der Waals surface area contributed by atoms with Gasteiger partial charge in [-0.3, -0.25) is 0 Å². The third kappa shape index (κ3) is 1.32. The van der Waals surface area contributed by atoms with Crippen LogP contribution in [0.15, 0.2) is 11.6 Å². The van der Waals surface area contributed by atoms with Crippen molar-refractivity contribution in [3.63, 3.8) is 0 Å². The van der Waals surface area contributed by atoms with Crippen LogP contribution in [-0.4, -0.2) is 0 Å². The second-order valence-electron chi connectivity index (χ2n) is 5.41. The van der Waals surface area contributed by atoms with E-state index in [-0.39, 0.29) is 0 Å². The maximum Gasteiger partial charge on any atom is -0.0226 e. The normalized spacial score (nSPS) is 47.1. The predicted molar refractivity (Wildman–Crippen MR) is 53.0 cm³/mol. The highest BCUT2D eigenvalue weighted by Gasteiger charge is 2.36. The molecule has 12 heavy (non-hydrogen) atoms. The van der Waals surface area contributed by atoms with Crippen LogP contribution in [-0.2, 0) is 0 Å². The zero-order valence-electron chi connectivity index (χ0n) is 8.56. The lowest BCUT2D eigenvalue weighted by Crippen LogP contribution is -2.21. The van der Waals surface area contributed by atoms with Crippen LogP contribution in [0.5, 0.6) is 0 Å². The van der Waals surface area contributed by atoms with Crippen LogP contribution in [0.1, 0.15) is 46.5 Å². The van der Waals surface area contributed by atoms with E-state index in [1.807, 2.05) is 0 Å². The molecule has 0 spiro atoms. The second kappa shape index (κ2) is 2.61. The molecule has 1 saturated carbocycles. The fraction of sp³-hybridized carbons (Fsp3) is 0.833. The van der Waals surface area contributed by atoms with Crippen LogP contribution in [0.4, 0.5) is 0 Å². The molecule has 0 aromatic carbocycles. The maximum absolute atomic E-state index is 2.53. The standard InChI is InChI=1S/C12H20/c1-9-6-11-4-5-12(3,7-9)8-10(11)2/h4,9-10H,5-8H2,1-3H3. The SMILES string of the molecule is CC1CC2=CCC(C)(C1)CC2C. The summed E-state index contributed by atoms with van der Waals surface area (Å²) >= 11 is 0. The summed E-state index contributed by atoms with van der Waals surface area (Å²) in [6, 6.07) is 0. The lowest BCUT2D eigenvalue weighted by molar-refractivity contribution is 0.224. The van der Waals surface area contributed by atoms with Gasteiger partial charge in [-0.1, -0.05) is 32.4 Å². The number of rotatable bonds is 0.